The van der Waals surface area contributed by atoms with E-state index in [2.05, 4.69) is 5.32 Å². The number of carbonyl (C=O) groups excluding carboxylic acids is 2. The van der Waals surface area contributed by atoms with E-state index in [0.29, 0.717) is 17.5 Å². The Morgan fingerprint density at radius 2 is 1.71 bits per heavy atom. The summed E-state index contributed by atoms with van der Waals surface area (Å²) in [6.45, 7) is 1.81. The van der Waals surface area contributed by atoms with Crippen LogP contribution < -0.4 is 5.32 Å². The molecule has 0 spiro atoms. The Balaban J connectivity index is 0.00000196. The first kappa shape index (κ1) is 10.4. The minimum absolute atomic E-state index is 0. The highest BCUT2D eigenvalue weighted by atomic mass is 16.1. The molecule has 1 rings (SSSR count). The first-order valence-electron chi connectivity index (χ1n) is 4.54. The van der Waals surface area contributed by atoms with Gasteiger partial charge in [0.1, 0.15) is 0 Å². The molecule has 0 bridgehead atoms. The monoisotopic (exact) mass is 193 g/mol. The lowest BCUT2D eigenvalue weighted by atomic mass is 10.1. The van der Waals surface area contributed by atoms with Crippen molar-refractivity contribution in [3.8, 4) is 0 Å². The molecule has 0 unspecified atom stereocenters. The van der Waals surface area contributed by atoms with Gasteiger partial charge in [-0.2, -0.15) is 0 Å². The third kappa shape index (κ3) is 2.19. The molecule has 0 saturated heterocycles. The Kier molecular flexibility index (Phi) is 3.40. The fourth-order valence-corrected chi connectivity index (χ4v) is 1.16. The number of benzene rings is 1. The van der Waals surface area contributed by atoms with E-state index in [9.17, 15) is 9.59 Å². The second-order valence-corrected chi connectivity index (χ2v) is 2.93. The number of rotatable bonds is 3. The fourth-order valence-electron chi connectivity index (χ4n) is 1.16. The van der Waals surface area contributed by atoms with Crippen molar-refractivity contribution in [1.29, 1.82) is 0 Å². The maximum Gasteiger partial charge on any atom is 0.251 e. The molecule has 1 N–H and O–H groups in total. The van der Waals surface area contributed by atoms with Gasteiger partial charge in [-0.1, -0.05) is 19.1 Å². The zero-order valence-corrected chi connectivity index (χ0v) is 8.33. The summed E-state index contributed by atoms with van der Waals surface area (Å²) in [4.78, 5) is 22.4. The average Bonchev–Trinajstić information content (AvgIpc) is 2.27. The molecule has 0 fully saturated rings. The molecule has 0 radical (unpaired) electrons. The van der Waals surface area contributed by atoms with Crippen LogP contribution in [0.5, 0.6) is 0 Å². The van der Waals surface area contributed by atoms with Gasteiger partial charge in [0.15, 0.2) is 5.78 Å². The topological polar surface area (TPSA) is 46.2 Å². The zero-order chi connectivity index (χ0) is 10.6. The molecule has 1 aromatic carbocycles. The second-order valence-electron chi connectivity index (χ2n) is 2.93. The highest BCUT2D eigenvalue weighted by Gasteiger charge is 2.05. The second kappa shape index (κ2) is 4.56. The fraction of sp³-hybridized carbons (Fsp3) is 0.273. The summed E-state index contributed by atoms with van der Waals surface area (Å²) in [5, 5.41) is 2.52. The molecule has 0 atom stereocenters. The number of carbonyl (C=O) groups is 2. The third-order valence-electron chi connectivity index (χ3n) is 2.02. The van der Waals surface area contributed by atoms with Crippen LogP contribution in [0.2, 0.25) is 0 Å². The Bertz CT molecular complexity index is 311. The van der Waals surface area contributed by atoms with Gasteiger partial charge in [-0.15, -0.1) is 0 Å². The van der Waals surface area contributed by atoms with Gasteiger partial charge in [-0.25, -0.2) is 0 Å². The number of nitrogens with one attached hydrogen (secondary N) is 1. The molecule has 76 valence electrons. The van der Waals surface area contributed by atoms with Gasteiger partial charge >= 0.3 is 0 Å². The lowest BCUT2D eigenvalue weighted by molar-refractivity contribution is 0.0958. The molecule has 0 aliphatic carbocycles. The predicted molar refractivity (Wildman–Crippen MR) is 56.6 cm³/mol. The van der Waals surface area contributed by atoms with E-state index in [1.807, 2.05) is 6.92 Å². The summed E-state index contributed by atoms with van der Waals surface area (Å²) in [6, 6.07) is 6.66. The van der Waals surface area contributed by atoms with E-state index in [4.69, 9.17) is 0 Å². The standard InChI is InChI=1S/C11H13NO2.H2/c1-3-10(13)8-4-6-9(7-5-8)11(14)12-2;/h4-7H,3H2,1-2H3,(H,12,14);1H. The Hall–Kier alpha value is -1.64. The molecule has 14 heavy (non-hydrogen) atoms. The smallest absolute Gasteiger partial charge is 0.251 e. The van der Waals surface area contributed by atoms with Crippen molar-refractivity contribution in [3.05, 3.63) is 35.4 Å². The van der Waals surface area contributed by atoms with Gasteiger partial charge in [-0.05, 0) is 12.1 Å². The first-order valence-corrected chi connectivity index (χ1v) is 4.54. The van der Waals surface area contributed by atoms with E-state index in [1.165, 1.54) is 0 Å². The molecule has 0 heterocycles. The van der Waals surface area contributed by atoms with Crippen LogP contribution in [0.3, 0.4) is 0 Å². The molecule has 1 aromatic rings. The Morgan fingerprint density at radius 3 is 2.14 bits per heavy atom. The van der Waals surface area contributed by atoms with Crippen LogP contribution in [0.25, 0.3) is 0 Å². The number of amides is 1. The van der Waals surface area contributed by atoms with E-state index >= 15 is 0 Å². The van der Waals surface area contributed by atoms with Crippen LogP contribution >= 0.6 is 0 Å². The normalized spacial score (nSPS) is 9.57. The molecular weight excluding hydrogens is 178 g/mol. The van der Waals surface area contributed by atoms with Crippen molar-refractivity contribution >= 4 is 11.7 Å². The first-order chi connectivity index (χ1) is 6.69. The van der Waals surface area contributed by atoms with E-state index < -0.39 is 0 Å². The highest BCUT2D eigenvalue weighted by molar-refractivity contribution is 5.98. The minimum Gasteiger partial charge on any atom is -0.355 e. The van der Waals surface area contributed by atoms with Crippen molar-refractivity contribution in [2.45, 2.75) is 13.3 Å². The van der Waals surface area contributed by atoms with Gasteiger partial charge in [-0.3, -0.25) is 9.59 Å². The van der Waals surface area contributed by atoms with Crippen LogP contribution in [0, 0.1) is 0 Å². The maximum atomic E-state index is 11.3. The summed E-state index contributed by atoms with van der Waals surface area (Å²) in [5.41, 5.74) is 1.22. The Morgan fingerprint density at radius 1 is 1.21 bits per heavy atom. The van der Waals surface area contributed by atoms with Gasteiger partial charge in [0, 0.05) is 26.0 Å². The van der Waals surface area contributed by atoms with Crippen LogP contribution in [-0.2, 0) is 0 Å². The quantitative estimate of drug-likeness (QED) is 0.745. The molecule has 3 nitrogen and oxygen atoms in total. The lowest BCUT2D eigenvalue weighted by Gasteiger charge is -2.01. The van der Waals surface area contributed by atoms with Gasteiger partial charge in [0.25, 0.3) is 5.91 Å². The Labute approximate surface area is 84.6 Å². The lowest BCUT2D eigenvalue weighted by Crippen LogP contribution is -2.17. The number of Topliss-reactive ketones (excluding diaryl/α,β-unsaturated/α-hetero) is 1. The van der Waals surface area contributed by atoms with Crippen molar-refractivity contribution in [2.75, 3.05) is 7.05 Å². The van der Waals surface area contributed by atoms with Gasteiger partial charge in [0.05, 0.1) is 0 Å². The van der Waals surface area contributed by atoms with E-state index in [-0.39, 0.29) is 13.1 Å². The number of hydrogen-bond acceptors (Lipinski definition) is 2. The van der Waals surface area contributed by atoms with Crippen molar-refractivity contribution < 1.29 is 11.0 Å². The third-order valence-corrected chi connectivity index (χ3v) is 2.02. The van der Waals surface area contributed by atoms with E-state index in [1.54, 1.807) is 31.3 Å². The summed E-state index contributed by atoms with van der Waals surface area (Å²) in [6.07, 6.45) is 0.485. The van der Waals surface area contributed by atoms with E-state index in [0.717, 1.165) is 0 Å². The summed E-state index contributed by atoms with van der Waals surface area (Å²) < 4.78 is 0. The van der Waals surface area contributed by atoms with Crippen molar-refractivity contribution in [2.24, 2.45) is 0 Å². The van der Waals surface area contributed by atoms with Crippen LogP contribution in [-0.4, -0.2) is 18.7 Å². The summed E-state index contributed by atoms with van der Waals surface area (Å²) in [7, 11) is 1.58. The maximum absolute atomic E-state index is 11.3. The minimum atomic E-state index is -0.138. The summed E-state index contributed by atoms with van der Waals surface area (Å²) in [5.74, 6) is -0.0473. The largest absolute Gasteiger partial charge is 0.355 e. The SMILES string of the molecule is CCC(=O)c1ccc(C(=O)NC)cc1.[HH]. The molecule has 0 saturated carbocycles. The predicted octanol–water partition coefficient (Wildman–Crippen LogP) is 1.88. The molecular formula is C11H15NO2. The molecule has 0 aromatic heterocycles. The molecule has 0 aliphatic rings. The number of ketones is 1. The van der Waals surface area contributed by atoms with Gasteiger partial charge < -0.3 is 5.32 Å². The summed E-state index contributed by atoms with van der Waals surface area (Å²) >= 11 is 0. The van der Waals surface area contributed by atoms with Crippen molar-refractivity contribution in [1.82, 2.24) is 5.32 Å². The molecule has 0 aliphatic heterocycles. The van der Waals surface area contributed by atoms with Gasteiger partial charge in [0.2, 0.25) is 0 Å². The zero-order valence-electron chi connectivity index (χ0n) is 8.33. The van der Waals surface area contributed by atoms with Crippen LogP contribution in [0.4, 0.5) is 0 Å². The van der Waals surface area contributed by atoms with Crippen molar-refractivity contribution in [3.63, 3.8) is 0 Å². The molecule has 1 amide bonds. The molecule has 3 heteroatoms. The average molecular weight is 193 g/mol. The highest BCUT2D eigenvalue weighted by Crippen LogP contribution is 2.06. The number of hydrogen-bond donors (Lipinski definition) is 1. The van der Waals surface area contributed by atoms with Crippen LogP contribution in [0.1, 0.15) is 35.5 Å². The van der Waals surface area contributed by atoms with Crippen LogP contribution in [0.15, 0.2) is 24.3 Å².